The lowest BCUT2D eigenvalue weighted by Gasteiger charge is -2.34. The average Bonchev–Trinajstić information content (AvgIpc) is 2.19. The molecule has 0 aromatic rings. The van der Waals surface area contributed by atoms with Crippen LogP contribution in [0.4, 0.5) is 4.39 Å². The number of hydrogen-bond acceptors (Lipinski definition) is 4. The first-order valence-corrected chi connectivity index (χ1v) is 6.66. The van der Waals surface area contributed by atoms with E-state index in [2.05, 4.69) is 31.9 Å². The Hall–Kier alpha value is -0.430. The summed E-state index contributed by atoms with van der Waals surface area (Å²) in [7, 11) is 0. The van der Waals surface area contributed by atoms with Crippen molar-refractivity contribution in [2.45, 2.75) is 35.7 Å². The summed E-state index contributed by atoms with van der Waals surface area (Å²) >= 11 is 6.25. The van der Waals surface area contributed by atoms with Crippen LogP contribution in [0, 0.1) is 0 Å². The Morgan fingerprint density at radius 3 is 2.12 bits per heavy atom. The van der Waals surface area contributed by atoms with E-state index in [0.29, 0.717) is 0 Å². The van der Waals surface area contributed by atoms with Crippen LogP contribution in [0.25, 0.3) is 0 Å². The van der Waals surface area contributed by atoms with Crippen LogP contribution in [0.5, 0.6) is 0 Å². The normalized spacial score (nSPS) is 32.6. The standard InChI is InChI=1S/C10H11Br2FO4/c1-4(14)16-9-6(11)3-7(13)8(12)10(9)17-5(2)15/h3,6,8-10H,1-2H3/t6-,8-,9+,10+/m0/s1. The molecule has 0 bridgehead atoms. The van der Waals surface area contributed by atoms with Crippen molar-refractivity contribution in [2.24, 2.45) is 0 Å². The van der Waals surface area contributed by atoms with Crippen LogP contribution >= 0.6 is 31.9 Å². The second-order valence-electron chi connectivity index (χ2n) is 3.55. The van der Waals surface area contributed by atoms with Crippen molar-refractivity contribution in [3.05, 3.63) is 11.9 Å². The van der Waals surface area contributed by atoms with Crippen molar-refractivity contribution >= 4 is 43.8 Å². The lowest BCUT2D eigenvalue weighted by molar-refractivity contribution is -0.164. The predicted octanol–water partition coefficient (Wildman–Crippen LogP) is 2.24. The summed E-state index contributed by atoms with van der Waals surface area (Å²) in [6.07, 6.45) is -0.390. The molecule has 0 fully saturated rings. The molecule has 0 amide bonds. The minimum Gasteiger partial charge on any atom is -0.457 e. The first-order valence-electron chi connectivity index (χ1n) is 4.82. The van der Waals surface area contributed by atoms with Crippen LogP contribution < -0.4 is 0 Å². The summed E-state index contributed by atoms with van der Waals surface area (Å²) in [5.74, 6) is -1.56. The van der Waals surface area contributed by atoms with E-state index in [4.69, 9.17) is 9.47 Å². The highest BCUT2D eigenvalue weighted by atomic mass is 79.9. The summed E-state index contributed by atoms with van der Waals surface area (Å²) in [6, 6.07) is 0. The summed E-state index contributed by atoms with van der Waals surface area (Å²) < 4.78 is 23.5. The van der Waals surface area contributed by atoms with Crippen molar-refractivity contribution in [2.75, 3.05) is 0 Å². The molecule has 0 heterocycles. The predicted molar refractivity (Wildman–Crippen MR) is 65.7 cm³/mol. The van der Waals surface area contributed by atoms with Gasteiger partial charge in [0.05, 0.1) is 4.83 Å². The summed E-state index contributed by atoms with van der Waals surface area (Å²) in [6.45, 7) is 2.45. The molecule has 0 radical (unpaired) electrons. The number of carbonyl (C=O) groups excluding carboxylic acids is 2. The van der Waals surface area contributed by atoms with Gasteiger partial charge < -0.3 is 9.47 Å². The molecule has 0 aliphatic heterocycles. The molecule has 0 unspecified atom stereocenters. The molecule has 0 saturated heterocycles. The van der Waals surface area contributed by atoms with E-state index in [-0.39, 0.29) is 0 Å². The van der Waals surface area contributed by atoms with Gasteiger partial charge in [-0.15, -0.1) is 0 Å². The van der Waals surface area contributed by atoms with Crippen LogP contribution in [0.1, 0.15) is 13.8 Å². The van der Waals surface area contributed by atoms with Crippen LogP contribution in [0.15, 0.2) is 11.9 Å². The Balaban J connectivity index is 2.95. The largest absolute Gasteiger partial charge is 0.457 e. The molecule has 1 aliphatic rings. The molecular formula is C10H11Br2FO4. The Labute approximate surface area is 115 Å². The number of esters is 2. The molecule has 1 rings (SSSR count). The highest BCUT2D eigenvalue weighted by Crippen LogP contribution is 2.34. The fourth-order valence-electron chi connectivity index (χ4n) is 1.49. The van der Waals surface area contributed by atoms with Gasteiger partial charge in [0.1, 0.15) is 10.7 Å². The van der Waals surface area contributed by atoms with Gasteiger partial charge in [-0.05, 0) is 6.08 Å². The first kappa shape index (κ1) is 14.6. The maximum absolute atomic E-state index is 13.5. The topological polar surface area (TPSA) is 52.6 Å². The van der Waals surface area contributed by atoms with Crippen molar-refractivity contribution in [3.63, 3.8) is 0 Å². The Morgan fingerprint density at radius 2 is 1.65 bits per heavy atom. The Kier molecular flexibility index (Phi) is 5.12. The minimum absolute atomic E-state index is 0.471. The van der Waals surface area contributed by atoms with Crippen molar-refractivity contribution < 1.29 is 23.5 Å². The average molecular weight is 374 g/mol. The molecule has 0 spiro atoms. The molecule has 1 aliphatic carbocycles. The number of halogens is 3. The highest BCUT2D eigenvalue weighted by molar-refractivity contribution is 9.10. The third-order valence-corrected chi connectivity index (χ3v) is 3.86. The van der Waals surface area contributed by atoms with Gasteiger partial charge in [0.2, 0.25) is 0 Å². The molecule has 0 saturated carbocycles. The quantitative estimate of drug-likeness (QED) is 0.550. The van der Waals surface area contributed by atoms with Crippen molar-refractivity contribution in [1.29, 1.82) is 0 Å². The number of hydrogen-bond donors (Lipinski definition) is 0. The van der Waals surface area contributed by atoms with Crippen molar-refractivity contribution in [3.8, 4) is 0 Å². The fourth-order valence-corrected chi connectivity index (χ4v) is 2.71. The zero-order valence-electron chi connectivity index (χ0n) is 9.15. The number of alkyl halides is 2. The molecule has 96 valence electrons. The molecule has 0 aromatic heterocycles. The molecule has 4 atom stereocenters. The number of ether oxygens (including phenoxy) is 2. The highest BCUT2D eigenvalue weighted by Gasteiger charge is 2.43. The van der Waals surface area contributed by atoms with Crippen LogP contribution in [-0.2, 0) is 19.1 Å². The van der Waals surface area contributed by atoms with E-state index in [1.165, 1.54) is 19.9 Å². The molecule has 4 nitrogen and oxygen atoms in total. The van der Waals surface area contributed by atoms with E-state index >= 15 is 0 Å². The molecule has 17 heavy (non-hydrogen) atoms. The Bertz CT molecular complexity index is 358. The van der Waals surface area contributed by atoms with Gasteiger partial charge in [0, 0.05) is 13.8 Å². The smallest absolute Gasteiger partial charge is 0.303 e. The molecule has 7 heteroatoms. The van der Waals surface area contributed by atoms with Gasteiger partial charge in [-0.2, -0.15) is 0 Å². The number of carbonyl (C=O) groups is 2. The van der Waals surface area contributed by atoms with Gasteiger partial charge in [-0.1, -0.05) is 31.9 Å². The lowest BCUT2D eigenvalue weighted by Crippen LogP contribution is -2.48. The van der Waals surface area contributed by atoms with E-state index in [1.54, 1.807) is 0 Å². The van der Waals surface area contributed by atoms with Crippen LogP contribution in [0.3, 0.4) is 0 Å². The van der Waals surface area contributed by atoms with Gasteiger partial charge in [0.15, 0.2) is 12.2 Å². The zero-order valence-corrected chi connectivity index (χ0v) is 12.3. The van der Waals surface area contributed by atoms with Crippen molar-refractivity contribution in [1.82, 2.24) is 0 Å². The van der Waals surface area contributed by atoms with Crippen LogP contribution in [0.2, 0.25) is 0 Å². The molecule has 0 N–H and O–H groups in total. The second kappa shape index (κ2) is 5.95. The zero-order chi connectivity index (χ0) is 13.2. The van der Waals surface area contributed by atoms with E-state index in [9.17, 15) is 14.0 Å². The third kappa shape index (κ3) is 3.77. The summed E-state index contributed by atoms with van der Waals surface area (Å²) in [5, 5.41) is 0. The summed E-state index contributed by atoms with van der Waals surface area (Å²) in [5.41, 5.74) is 0. The summed E-state index contributed by atoms with van der Waals surface area (Å²) in [4.78, 5) is 20.6. The third-order valence-electron chi connectivity index (χ3n) is 2.11. The van der Waals surface area contributed by atoms with Gasteiger partial charge >= 0.3 is 11.9 Å². The van der Waals surface area contributed by atoms with E-state index in [1.807, 2.05) is 0 Å². The monoisotopic (exact) mass is 372 g/mol. The second-order valence-corrected chi connectivity index (χ2v) is 5.59. The van der Waals surface area contributed by atoms with Gasteiger partial charge in [-0.3, -0.25) is 9.59 Å². The SMILES string of the molecule is CC(=O)O[C@H]1[C@H](OC(C)=O)[C@@H](Br)C(F)=C[C@@H]1Br. The van der Waals surface area contributed by atoms with Crippen LogP contribution in [-0.4, -0.2) is 33.8 Å². The van der Waals surface area contributed by atoms with E-state index in [0.717, 1.165) is 0 Å². The minimum atomic E-state index is -0.897. The molecular weight excluding hydrogens is 363 g/mol. The Morgan fingerprint density at radius 1 is 1.18 bits per heavy atom. The number of rotatable bonds is 2. The maximum atomic E-state index is 13.5. The fraction of sp³-hybridized carbons (Fsp3) is 0.600. The lowest BCUT2D eigenvalue weighted by atomic mass is 9.99. The van der Waals surface area contributed by atoms with Gasteiger partial charge in [-0.25, -0.2) is 4.39 Å². The van der Waals surface area contributed by atoms with E-state index < -0.39 is 39.6 Å². The first-order chi connectivity index (χ1) is 7.82. The van der Waals surface area contributed by atoms with Gasteiger partial charge in [0.25, 0.3) is 0 Å². The maximum Gasteiger partial charge on any atom is 0.303 e. The molecule has 0 aromatic carbocycles.